The summed E-state index contributed by atoms with van der Waals surface area (Å²) < 4.78 is 9.89. The summed E-state index contributed by atoms with van der Waals surface area (Å²) in [5.74, 6) is -1.60. The minimum Gasteiger partial charge on any atom is -0.466 e. The van der Waals surface area contributed by atoms with Crippen molar-refractivity contribution in [3.63, 3.8) is 0 Å². The normalized spacial score (nSPS) is 17.5. The third-order valence-corrected chi connectivity index (χ3v) is 4.62. The first-order valence-corrected chi connectivity index (χ1v) is 8.45. The summed E-state index contributed by atoms with van der Waals surface area (Å²) in [4.78, 5) is 29.9. The molecule has 1 atom stereocenters. The van der Waals surface area contributed by atoms with Gasteiger partial charge in [-0.05, 0) is 18.4 Å². The Morgan fingerprint density at radius 1 is 1.32 bits per heavy atom. The van der Waals surface area contributed by atoms with E-state index in [2.05, 4.69) is 16.9 Å². The molecule has 7 heteroatoms. The Bertz CT molecular complexity index is 760. The highest BCUT2D eigenvalue weighted by molar-refractivity contribution is 7.10. The van der Waals surface area contributed by atoms with Gasteiger partial charge in [-0.3, -0.25) is 4.99 Å². The summed E-state index contributed by atoms with van der Waals surface area (Å²) in [6, 6.07) is 3.74. The highest BCUT2D eigenvalue weighted by atomic mass is 32.1. The zero-order chi connectivity index (χ0) is 18.4. The van der Waals surface area contributed by atoms with Crippen molar-refractivity contribution in [2.75, 3.05) is 20.8 Å². The molecule has 0 bridgehead atoms. The smallest absolute Gasteiger partial charge is 0.336 e. The lowest BCUT2D eigenvalue weighted by Gasteiger charge is -2.29. The van der Waals surface area contributed by atoms with Gasteiger partial charge in [-0.2, -0.15) is 0 Å². The number of nitrogens with one attached hydrogen (secondary N) is 1. The van der Waals surface area contributed by atoms with Gasteiger partial charge >= 0.3 is 11.9 Å². The summed E-state index contributed by atoms with van der Waals surface area (Å²) in [5.41, 5.74) is 1.81. The van der Waals surface area contributed by atoms with Gasteiger partial charge in [-0.15, -0.1) is 17.9 Å². The first-order valence-electron chi connectivity index (χ1n) is 7.57. The fraction of sp³-hybridized carbons (Fsp3) is 0.278. The van der Waals surface area contributed by atoms with Gasteiger partial charge in [0.1, 0.15) is 0 Å². The Morgan fingerprint density at radius 2 is 2.00 bits per heavy atom. The SMILES string of the molecule is C=CCN=CC1=C(C(=O)OC)C(c2cccs2)C(C(=O)OC)=C(C)N1. The number of ether oxygens (including phenoxy) is 2. The van der Waals surface area contributed by atoms with E-state index in [4.69, 9.17) is 9.47 Å². The van der Waals surface area contributed by atoms with Crippen LogP contribution in [0, 0.1) is 0 Å². The predicted octanol–water partition coefficient (Wildman–Crippen LogP) is 2.57. The van der Waals surface area contributed by atoms with E-state index < -0.39 is 17.9 Å². The van der Waals surface area contributed by atoms with Crippen molar-refractivity contribution >= 4 is 29.5 Å². The van der Waals surface area contributed by atoms with Crippen LogP contribution < -0.4 is 5.32 Å². The zero-order valence-corrected chi connectivity index (χ0v) is 15.2. The number of thiophene rings is 1. The second-order valence-corrected chi connectivity index (χ2v) is 6.18. The van der Waals surface area contributed by atoms with E-state index in [0.29, 0.717) is 29.1 Å². The molecule has 1 aromatic rings. The maximum atomic E-state index is 12.5. The van der Waals surface area contributed by atoms with E-state index >= 15 is 0 Å². The molecule has 2 rings (SSSR count). The fourth-order valence-electron chi connectivity index (χ4n) is 2.63. The van der Waals surface area contributed by atoms with Crippen LogP contribution in [-0.2, 0) is 19.1 Å². The Balaban J connectivity index is 2.66. The minimum atomic E-state index is -0.577. The van der Waals surface area contributed by atoms with Gasteiger partial charge in [-0.25, -0.2) is 9.59 Å². The second kappa shape index (κ2) is 8.43. The first kappa shape index (κ1) is 18.7. The average Bonchev–Trinajstić information content (AvgIpc) is 3.14. The van der Waals surface area contributed by atoms with Crippen LogP contribution in [0.15, 0.2) is 57.7 Å². The molecular formula is C18H20N2O4S. The Morgan fingerprint density at radius 3 is 2.56 bits per heavy atom. The maximum absolute atomic E-state index is 12.5. The van der Waals surface area contributed by atoms with Crippen LogP contribution >= 0.6 is 11.3 Å². The molecule has 0 spiro atoms. The van der Waals surface area contributed by atoms with E-state index in [9.17, 15) is 9.59 Å². The molecule has 1 aromatic heterocycles. The van der Waals surface area contributed by atoms with Crippen molar-refractivity contribution in [1.29, 1.82) is 0 Å². The van der Waals surface area contributed by atoms with Crippen LogP contribution in [0.4, 0.5) is 0 Å². The minimum absolute atomic E-state index is 0.323. The summed E-state index contributed by atoms with van der Waals surface area (Å²) in [7, 11) is 2.62. The zero-order valence-electron chi connectivity index (χ0n) is 14.4. The molecule has 6 nitrogen and oxygen atoms in total. The third kappa shape index (κ3) is 3.88. The van der Waals surface area contributed by atoms with E-state index in [1.54, 1.807) is 19.2 Å². The standard InChI is InChI=1S/C18H20N2O4S/c1-5-8-19-10-12-15(18(22)24-4)16(13-7-6-9-25-13)14(11(2)20-12)17(21)23-3/h5-7,9-10,16,20H,1,8H2,2-4H3. The van der Waals surface area contributed by atoms with Crippen molar-refractivity contribution in [2.24, 2.45) is 4.99 Å². The number of allylic oxidation sites excluding steroid dienone is 2. The van der Waals surface area contributed by atoms with Crippen LogP contribution in [0.25, 0.3) is 0 Å². The van der Waals surface area contributed by atoms with Crippen molar-refractivity contribution in [3.05, 3.63) is 57.6 Å². The molecule has 0 fully saturated rings. The number of methoxy groups -OCH3 is 2. The quantitative estimate of drug-likeness (QED) is 0.479. The summed E-state index contributed by atoms with van der Waals surface area (Å²) in [6.07, 6.45) is 3.21. The lowest BCUT2D eigenvalue weighted by atomic mass is 9.84. The van der Waals surface area contributed by atoms with Gasteiger partial charge in [0, 0.05) is 16.8 Å². The molecule has 1 aliphatic heterocycles. The van der Waals surface area contributed by atoms with Gasteiger partial charge in [0.15, 0.2) is 0 Å². The lowest BCUT2D eigenvalue weighted by molar-refractivity contribution is -0.137. The van der Waals surface area contributed by atoms with E-state index in [-0.39, 0.29) is 0 Å². The maximum Gasteiger partial charge on any atom is 0.336 e. The van der Waals surface area contributed by atoms with Crippen molar-refractivity contribution < 1.29 is 19.1 Å². The van der Waals surface area contributed by atoms with E-state index in [0.717, 1.165) is 4.88 Å². The highest BCUT2D eigenvalue weighted by Crippen LogP contribution is 2.40. The molecule has 0 aromatic carbocycles. The second-order valence-electron chi connectivity index (χ2n) is 5.21. The Hall–Kier alpha value is -2.67. The average molecular weight is 360 g/mol. The van der Waals surface area contributed by atoms with Crippen LogP contribution in [0.1, 0.15) is 17.7 Å². The first-order chi connectivity index (χ1) is 12.0. The molecule has 1 N–H and O–H groups in total. The van der Waals surface area contributed by atoms with Crippen LogP contribution in [0.2, 0.25) is 0 Å². The largest absolute Gasteiger partial charge is 0.466 e. The van der Waals surface area contributed by atoms with Gasteiger partial charge in [-0.1, -0.05) is 12.1 Å². The molecule has 0 saturated carbocycles. The molecule has 2 heterocycles. The molecule has 0 amide bonds. The summed E-state index contributed by atoms with van der Waals surface area (Å²) in [5, 5.41) is 4.97. The number of nitrogens with zero attached hydrogens (tertiary/aromatic N) is 1. The molecular weight excluding hydrogens is 340 g/mol. The molecule has 132 valence electrons. The monoisotopic (exact) mass is 360 g/mol. The Labute approximate surface area is 150 Å². The third-order valence-electron chi connectivity index (χ3n) is 3.69. The molecule has 0 radical (unpaired) electrons. The highest BCUT2D eigenvalue weighted by Gasteiger charge is 2.38. The number of rotatable bonds is 6. The van der Waals surface area contributed by atoms with Gasteiger partial charge < -0.3 is 14.8 Å². The van der Waals surface area contributed by atoms with Crippen LogP contribution in [0.3, 0.4) is 0 Å². The molecule has 0 saturated heterocycles. The van der Waals surface area contributed by atoms with Gasteiger partial charge in [0.25, 0.3) is 0 Å². The topological polar surface area (TPSA) is 77.0 Å². The summed E-state index contributed by atoms with van der Waals surface area (Å²) in [6.45, 7) is 5.80. The van der Waals surface area contributed by atoms with E-state index in [1.165, 1.54) is 25.6 Å². The predicted molar refractivity (Wildman–Crippen MR) is 97.5 cm³/mol. The van der Waals surface area contributed by atoms with Crippen molar-refractivity contribution in [1.82, 2.24) is 5.32 Å². The summed E-state index contributed by atoms with van der Waals surface area (Å²) >= 11 is 1.45. The fourth-order valence-corrected chi connectivity index (χ4v) is 3.48. The number of carbonyl (C=O) groups is 2. The van der Waals surface area contributed by atoms with Gasteiger partial charge in [0.05, 0.1) is 43.5 Å². The Kier molecular flexibility index (Phi) is 6.30. The number of carbonyl (C=O) groups excluding carboxylic acids is 2. The number of esters is 2. The number of hydrogen-bond acceptors (Lipinski definition) is 7. The molecule has 0 aliphatic carbocycles. The van der Waals surface area contributed by atoms with Crippen LogP contribution in [0.5, 0.6) is 0 Å². The van der Waals surface area contributed by atoms with Crippen molar-refractivity contribution in [2.45, 2.75) is 12.8 Å². The van der Waals surface area contributed by atoms with Gasteiger partial charge in [0.2, 0.25) is 0 Å². The molecule has 1 unspecified atom stereocenters. The molecule has 1 aliphatic rings. The van der Waals surface area contributed by atoms with Crippen LogP contribution in [-0.4, -0.2) is 38.9 Å². The number of dihydropyridines is 1. The van der Waals surface area contributed by atoms with Crippen molar-refractivity contribution in [3.8, 4) is 0 Å². The number of aliphatic imine (C=N–C) groups is 1. The molecule has 25 heavy (non-hydrogen) atoms. The number of hydrogen-bond donors (Lipinski definition) is 1. The van der Waals surface area contributed by atoms with E-state index in [1.807, 2.05) is 17.5 Å². The lowest BCUT2D eigenvalue weighted by Crippen LogP contribution is -2.33.